The molecule has 1 aliphatic rings. The van der Waals surface area contributed by atoms with Gasteiger partial charge in [0.2, 0.25) is 0 Å². The molecule has 0 bridgehead atoms. The third-order valence-corrected chi connectivity index (χ3v) is 3.81. The fraction of sp³-hybridized carbons (Fsp3) is 0.600. The zero-order valence-corrected chi connectivity index (χ0v) is 10.9. The molecule has 0 heterocycles. The molecule has 0 amide bonds. The Hall–Kier alpha value is -0.860. The van der Waals surface area contributed by atoms with Crippen molar-refractivity contribution in [3.63, 3.8) is 0 Å². The zero-order chi connectivity index (χ0) is 12.3. The Morgan fingerprint density at radius 1 is 1.18 bits per heavy atom. The van der Waals surface area contributed by atoms with Crippen LogP contribution in [0.3, 0.4) is 0 Å². The fourth-order valence-corrected chi connectivity index (χ4v) is 2.70. The van der Waals surface area contributed by atoms with Crippen molar-refractivity contribution in [1.82, 2.24) is 4.90 Å². The Labute approximate surface area is 104 Å². The van der Waals surface area contributed by atoms with Gasteiger partial charge in [0, 0.05) is 12.6 Å². The highest BCUT2D eigenvalue weighted by molar-refractivity contribution is 5.21. The topological polar surface area (TPSA) is 23.5 Å². The molecule has 1 aliphatic carbocycles. The molecule has 0 aromatic heterocycles. The molecule has 2 nitrogen and oxygen atoms in total. The maximum absolute atomic E-state index is 10.0. The molecule has 2 heteroatoms. The van der Waals surface area contributed by atoms with Crippen molar-refractivity contribution in [3.05, 3.63) is 35.4 Å². The van der Waals surface area contributed by atoms with Gasteiger partial charge in [-0.1, -0.05) is 42.7 Å². The first-order valence-electron chi connectivity index (χ1n) is 6.60. The predicted molar refractivity (Wildman–Crippen MR) is 70.9 cm³/mol. The Morgan fingerprint density at radius 2 is 1.82 bits per heavy atom. The molecule has 0 radical (unpaired) electrons. The van der Waals surface area contributed by atoms with Crippen LogP contribution in [0.25, 0.3) is 0 Å². The average molecular weight is 233 g/mol. The highest BCUT2D eigenvalue weighted by Crippen LogP contribution is 2.23. The summed E-state index contributed by atoms with van der Waals surface area (Å²) in [4.78, 5) is 2.30. The van der Waals surface area contributed by atoms with Gasteiger partial charge in [-0.25, -0.2) is 0 Å². The maximum Gasteiger partial charge on any atom is 0.0695 e. The number of rotatable bonds is 3. The van der Waals surface area contributed by atoms with E-state index in [0.717, 1.165) is 19.4 Å². The second kappa shape index (κ2) is 5.65. The van der Waals surface area contributed by atoms with E-state index in [-0.39, 0.29) is 6.10 Å². The van der Waals surface area contributed by atoms with E-state index in [1.165, 1.54) is 24.0 Å². The number of aryl methyl sites for hydroxylation is 1. The molecule has 1 N–H and O–H groups in total. The molecule has 2 atom stereocenters. The van der Waals surface area contributed by atoms with Crippen LogP contribution in [0, 0.1) is 6.92 Å². The van der Waals surface area contributed by atoms with Crippen LogP contribution >= 0.6 is 0 Å². The summed E-state index contributed by atoms with van der Waals surface area (Å²) in [6.07, 6.45) is 4.38. The molecule has 1 aromatic rings. The van der Waals surface area contributed by atoms with Gasteiger partial charge in [0.1, 0.15) is 0 Å². The van der Waals surface area contributed by atoms with Gasteiger partial charge in [0.25, 0.3) is 0 Å². The molecule has 94 valence electrons. The van der Waals surface area contributed by atoms with Gasteiger partial charge in [0.15, 0.2) is 0 Å². The minimum atomic E-state index is -0.140. The third-order valence-electron chi connectivity index (χ3n) is 3.81. The lowest BCUT2D eigenvalue weighted by Crippen LogP contribution is -2.42. The number of likely N-dealkylation sites (N-methyl/N-ethyl adjacent to an activating group) is 1. The quantitative estimate of drug-likeness (QED) is 0.867. The summed E-state index contributed by atoms with van der Waals surface area (Å²) in [5.41, 5.74) is 2.63. The van der Waals surface area contributed by atoms with Gasteiger partial charge in [-0.15, -0.1) is 0 Å². The lowest BCUT2D eigenvalue weighted by molar-refractivity contribution is 0.0288. The molecule has 17 heavy (non-hydrogen) atoms. The number of benzene rings is 1. The van der Waals surface area contributed by atoms with Crippen LogP contribution in [0.15, 0.2) is 24.3 Å². The molecule has 1 saturated carbocycles. The van der Waals surface area contributed by atoms with Gasteiger partial charge < -0.3 is 5.11 Å². The monoisotopic (exact) mass is 233 g/mol. The van der Waals surface area contributed by atoms with Crippen LogP contribution in [0.2, 0.25) is 0 Å². The first-order chi connectivity index (χ1) is 8.16. The molecule has 0 spiro atoms. The number of hydrogen-bond acceptors (Lipinski definition) is 2. The number of hydrogen-bond donors (Lipinski definition) is 1. The second-order valence-electron chi connectivity index (χ2n) is 5.32. The van der Waals surface area contributed by atoms with Crippen molar-refractivity contribution in [3.8, 4) is 0 Å². The van der Waals surface area contributed by atoms with Crippen LogP contribution in [-0.2, 0) is 6.54 Å². The van der Waals surface area contributed by atoms with Crippen LogP contribution in [0.1, 0.15) is 36.8 Å². The van der Waals surface area contributed by atoms with Gasteiger partial charge in [0.05, 0.1) is 6.10 Å². The van der Waals surface area contributed by atoms with Crippen molar-refractivity contribution in [2.24, 2.45) is 0 Å². The van der Waals surface area contributed by atoms with Crippen LogP contribution in [-0.4, -0.2) is 29.2 Å². The summed E-state index contributed by atoms with van der Waals surface area (Å²) in [5.74, 6) is 0. The van der Waals surface area contributed by atoms with E-state index in [4.69, 9.17) is 0 Å². The van der Waals surface area contributed by atoms with E-state index in [2.05, 4.69) is 43.1 Å². The van der Waals surface area contributed by atoms with Crippen molar-refractivity contribution in [2.75, 3.05) is 7.05 Å². The Balaban J connectivity index is 1.95. The Morgan fingerprint density at radius 3 is 2.47 bits per heavy atom. The standard InChI is InChI=1S/C15H23NO/c1-12-7-9-13(10-8-12)11-16(2)14-5-3-4-6-15(14)17/h7-10,14-15,17H,3-6,11H2,1-2H3/t14-,15-/m1/s1. The van der Waals surface area contributed by atoms with E-state index >= 15 is 0 Å². The molecule has 1 fully saturated rings. The summed E-state index contributed by atoms with van der Waals surface area (Å²) in [7, 11) is 2.12. The second-order valence-corrected chi connectivity index (χ2v) is 5.32. The minimum absolute atomic E-state index is 0.140. The number of nitrogens with zero attached hydrogens (tertiary/aromatic N) is 1. The summed E-state index contributed by atoms with van der Waals surface area (Å²) in [6, 6.07) is 9.01. The van der Waals surface area contributed by atoms with E-state index in [0.29, 0.717) is 6.04 Å². The van der Waals surface area contributed by atoms with E-state index in [1.54, 1.807) is 0 Å². The summed E-state index contributed by atoms with van der Waals surface area (Å²) < 4.78 is 0. The van der Waals surface area contributed by atoms with Crippen molar-refractivity contribution >= 4 is 0 Å². The molecule has 0 unspecified atom stereocenters. The molecule has 2 rings (SSSR count). The van der Waals surface area contributed by atoms with Crippen molar-refractivity contribution in [2.45, 2.75) is 51.3 Å². The Bertz CT molecular complexity index is 346. The van der Waals surface area contributed by atoms with Crippen LogP contribution < -0.4 is 0 Å². The van der Waals surface area contributed by atoms with E-state index < -0.39 is 0 Å². The van der Waals surface area contributed by atoms with Crippen molar-refractivity contribution < 1.29 is 5.11 Å². The highest BCUT2D eigenvalue weighted by atomic mass is 16.3. The largest absolute Gasteiger partial charge is 0.391 e. The summed E-state index contributed by atoms with van der Waals surface area (Å²) >= 11 is 0. The van der Waals surface area contributed by atoms with Crippen LogP contribution in [0.5, 0.6) is 0 Å². The SMILES string of the molecule is Cc1ccc(CN(C)[C@@H]2CCCC[C@H]2O)cc1. The third kappa shape index (κ3) is 3.30. The first-order valence-corrected chi connectivity index (χ1v) is 6.60. The number of aliphatic hydroxyl groups is 1. The lowest BCUT2D eigenvalue weighted by Gasteiger charge is -2.35. The van der Waals surface area contributed by atoms with Gasteiger partial charge in [-0.2, -0.15) is 0 Å². The normalized spacial score (nSPS) is 25.2. The van der Waals surface area contributed by atoms with Gasteiger partial charge in [-0.05, 0) is 32.4 Å². The zero-order valence-electron chi connectivity index (χ0n) is 10.9. The highest BCUT2D eigenvalue weighted by Gasteiger charge is 2.26. The summed E-state index contributed by atoms with van der Waals surface area (Å²) in [6.45, 7) is 3.04. The van der Waals surface area contributed by atoms with Gasteiger partial charge in [-0.3, -0.25) is 4.90 Å². The van der Waals surface area contributed by atoms with E-state index in [9.17, 15) is 5.11 Å². The molecular formula is C15H23NO. The molecule has 0 saturated heterocycles. The fourth-order valence-electron chi connectivity index (χ4n) is 2.70. The molecular weight excluding hydrogens is 210 g/mol. The minimum Gasteiger partial charge on any atom is -0.391 e. The summed E-state index contributed by atoms with van der Waals surface area (Å²) in [5, 5.41) is 10.0. The Kier molecular flexibility index (Phi) is 4.19. The van der Waals surface area contributed by atoms with Crippen LogP contribution in [0.4, 0.5) is 0 Å². The number of aliphatic hydroxyl groups excluding tert-OH is 1. The average Bonchev–Trinajstić information content (AvgIpc) is 2.32. The van der Waals surface area contributed by atoms with Crippen molar-refractivity contribution in [1.29, 1.82) is 0 Å². The molecule has 1 aromatic carbocycles. The maximum atomic E-state index is 10.0. The molecule has 0 aliphatic heterocycles. The lowest BCUT2D eigenvalue weighted by atomic mass is 9.91. The first kappa shape index (κ1) is 12.6. The predicted octanol–water partition coefficient (Wildman–Crippen LogP) is 2.73. The smallest absolute Gasteiger partial charge is 0.0695 e. The van der Waals surface area contributed by atoms with E-state index in [1.807, 2.05) is 0 Å². The van der Waals surface area contributed by atoms with Gasteiger partial charge >= 0.3 is 0 Å².